The predicted molar refractivity (Wildman–Crippen MR) is 65.1 cm³/mol. The Balaban J connectivity index is 1.90. The summed E-state index contributed by atoms with van der Waals surface area (Å²) in [5.41, 5.74) is -0.238. The SMILES string of the molecule is FC(F)(F)Oc1ccc(OC2CC2)c(C2(CCl)CO2)c1. The van der Waals surface area contributed by atoms with Crippen LogP contribution in [-0.4, -0.2) is 25.0 Å². The molecule has 20 heavy (non-hydrogen) atoms. The zero-order valence-corrected chi connectivity index (χ0v) is 11.1. The van der Waals surface area contributed by atoms with Crippen molar-refractivity contribution in [1.82, 2.24) is 0 Å². The second-order valence-electron chi connectivity index (χ2n) is 4.94. The van der Waals surface area contributed by atoms with Gasteiger partial charge in [0.05, 0.1) is 18.6 Å². The standard InChI is InChI=1S/C13H12ClF3O3/c14-6-12(7-18-12)10-5-9(20-13(15,16)17)3-4-11(10)19-8-1-2-8/h3-5,8H,1-2,6-7H2. The Morgan fingerprint density at radius 3 is 2.55 bits per heavy atom. The van der Waals surface area contributed by atoms with Gasteiger partial charge in [-0.05, 0) is 31.0 Å². The molecule has 0 spiro atoms. The summed E-state index contributed by atoms with van der Waals surface area (Å²) < 4.78 is 51.8. The second-order valence-corrected chi connectivity index (χ2v) is 5.21. The summed E-state index contributed by atoms with van der Waals surface area (Å²) in [5.74, 6) is 0.375. The lowest BCUT2D eigenvalue weighted by molar-refractivity contribution is -0.274. The van der Waals surface area contributed by atoms with Gasteiger partial charge in [0, 0.05) is 5.56 Å². The summed E-state index contributed by atoms with van der Waals surface area (Å²) in [4.78, 5) is 0. The topological polar surface area (TPSA) is 31.0 Å². The molecule has 0 bridgehead atoms. The summed E-state index contributed by atoms with van der Waals surface area (Å²) >= 11 is 5.86. The van der Waals surface area contributed by atoms with E-state index in [-0.39, 0.29) is 17.7 Å². The molecule has 1 saturated carbocycles. The maximum atomic E-state index is 12.3. The van der Waals surface area contributed by atoms with Crippen LogP contribution in [0.2, 0.25) is 0 Å². The van der Waals surface area contributed by atoms with Gasteiger partial charge in [0.25, 0.3) is 0 Å². The Kier molecular flexibility index (Phi) is 3.25. The molecule has 1 heterocycles. The number of hydrogen-bond acceptors (Lipinski definition) is 3. The van der Waals surface area contributed by atoms with E-state index in [1.54, 1.807) is 0 Å². The van der Waals surface area contributed by atoms with Gasteiger partial charge in [-0.25, -0.2) is 0 Å². The van der Waals surface area contributed by atoms with Crippen molar-refractivity contribution in [3.05, 3.63) is 23.8 Å². The lowest BCUT2D eigenvalue weighted by Crippen LogP contribution is -2.19. The molecule has 0 amide bonds. The van der Waals surface area contributed by atoms with E-state index in [2.05, 4.69) is 4.74 Å². The van der Waals surface area contributed by atoms with E-state index in [0.717, 1.165) is 12.8 Å². The molecule has 1 aromatic carbocycles. The molecule has 0 aromatic heterocycles. The van der Waals surface area contributed by atoms with Gasteiger partial charge in [0.2, 0.25) is 0 Å². The molecule has 1 aromatic rings. The first-order valence-electron chi connectivity index (χ1n) is 6.19. The molecule has 2 fully saturated rings. The van der Waals surface area contributed by atoms with Crippen LogP contribution in [0.4, 0.5) is 13.2 Å². The van der Waals surface area contributed by atoms with Crippen molar-refractivity contribution in [3.63, 3.8) is 0 Å². The number of alkyl halides is 4. The van der Waals surface area contributed by atoms with Gasteiger partial charge >= 0.3 is 6.36 Å². The Labute approximate surface area is 118 Å². The fraction of sp³-hybridized carbons (Fsp3) is 0.538. The first kappa shape index (κ1) is 13.8. The van der Waals surface area contributed by atoms with E-state index in [0.29, 0.717) is 17.9 Å². The van der Waals surface area contributed by atoms with Crippen LogP contribution >= 0.6 is 11.6 Å². The van der Waals surface area contributed by atoms with Gasteiger partial charge in [-0.2, -0.15) is 0 Å². The van der Waals surface area contributed by atoms with Crippen molar-refractivity contribution in [2.24, 2.45) is 0 Å². The Hall–Kier alpha value is -1.14. The summed E-state index contributed by atoms with van der Waals surface area (Å²) in [7, 11) is 0. The maximum Gasteiger partial charge on any atom is 0.573 e. The van der Waals surface area contributed by atoms with E-state index in [9.17, 15) is 13.2 Å². The van der Waals surface area contributed by atoms with Gasteiger partial charge in [-0.1, -0.05) is 0 Å². The summed E-state index contributed by atoms with van der Waals surface area (Å²) in [6.45, 7) is 0.368. The lowest BCUT2D eigenvalue weighted by atomic mass is 10.0. The van der Waals surface area contributed by atoms with Crippen molar-refractivity contribution in [1.29, 1.82) is 0 Å². The zero-order chi connectivity index (χ0) is 14.4. The van der Waals surface area contributed by atoms with Gasteiger partial charge in [-0.3, -0.25) is 0 Å². The van der Waals surface area contributed by atoms with Gasteiger partial charge in [0.15, 0.2) is 0 Å². The summed E-state index contributed by atoms with van der Waals surface area (Å²) in [6, 6.07) is 4.00. The molecule has 1 aliphatic heterocycles. The van der Waals surface area contributed by atoms with Crippen LogP contribution in [0.1, 0.15) is 18.4 Å². The Bertz CT molecular complexity index is 510. The normalized spacial score (nSPS) is 25.4. The van der Waals surface area contributed by atoms with Crippen LogP contribution < -0.4 is 9.47 Å². The Morgan fingerprint density at radius 1 is 1.35 bits per heavy atom. The minimum atomic E-state index is -4.73. The molecule has 0 N–H and O–H groups in total. The van der Waals surface area contributed by atoms with Crippen molar-refractivity contribution in [2.45, 2.75) is 30.9 Å². The largest absolute Gasteiger partial charge is 0.573 e. The number of ether oxygens (including phenoxy) is 3. The third-order valence-corrected chi connectivity index (χ3v) is 3.63. The highest BCUT2D eigenvalue weighted by Crippen LogP contribution is 2.47. The molecule has 7 heteroatoms. The molecule has 1 aliphatic carbocycles. The van der Waals surface area contributed by atoms with E-state index in [1.165, 1.54) is 18.2 Å². The van der Waals surface area contributed by atoms with Crippen molar-refractivity contribution >= 4 is 11.6 Å². The van der Waals surface area contributed by atoms with Crippen LogP contribution in [0, 0.1) is 0 Å². The van der Waals surface area contributed by atoms with Gasteiger partial charge < -0.3 is 14.2 Å². The van der Waals surface area contributed by atoms with E-state index >= 15 is 0 Å². The first-order valence-corrected chi connectivity index (χ1v) is 6.72. The number of rotatable bonds is 5. The molecule has 0 radical (unpaired) electrons. The maximum absolute atomic E-state index is 12.3. The summed E-state index contributed by atoms with van der Waals surface area (Å²) in [6.07, 6.45) is -2.69. The molecule has 1 saturated heterocycles. The predicted octanol–water partition coefficient (Wildman–Crippen LogP) is 3.59. The molecule has 1 atom stereocenters. The average molecular weight is 309 g/mol. The van der Waals surface area contributed by atoms with E-state index < -0.39 is 12.0 Å². The number of hydrogen-bond donors (Lipinski definition) is 0. The fourth-order valence-corrected chi connectivity index (χ4v) is 2.22. The van der Waals surface area contributed by atoms with E-state index in [4.69, 9.17) is 21.1 Å². The Morgan fingerprint density at radius 2 is 2.05 bits per heavy atom. The minimum Gasteiger partial charge on any atom is -0.490 e. The zero-order valence-electron chi connectivity index (χ0n) is 10.4. The number of epoxide rings is 1. The second kappa shape index (κ2) is 4.70. The molecule has 3 nitrogen and oxygen atoms in total. The average Bonchev–Trinajstić information content (AvgIpc) is 3.24. The monoisotopic (exact) mass is 308 g/mol. The highest BCUT2D eigenvalue weighted by Gasteiger charge is 2.48. The smallest absolute Gasteiger partial charge is 0.490 e. The third-order valence-electron chi connectivity index (χ3n) is 3.20. The van der Waals surface area contributed by atoms with Gasteiger partial charge in [-0.15, -0.1) is 24.8 Å². The first-order chi connectivity index (χ1) is 9.42. The van der Waals surface area contributed by atoms with Crippen molar-refractivity contribution in [2.75, 3.05) is 12.5 Å². The van der Waals surface area contributed by atoms with Crippen LogP contribution in [0.3, 0.4) is 0 Å². The quantitative estimate of drug-likeness (QED) is 0.615. The van der Waals surface area contributed by atoms with Crippen molar-refractivity contribution < 1.29 is 27.4 Å². The summed E-state index contributed by atoms with van der Waals surface area (Å²) in [5, 5.41) is 0. The van der Waals surface area contributed by atoms with Crippen LogP contribution in [-0.2, 0) is 10.3 Å². The van der Waals surface area contributed by atoms with E-state index in [1.807, 2.05) is 0 Å². The highest BCUT2D eigenvalue weighted by atomic mass is 35.5. The lowest BCUT2D eigenvalue weighted by Gasteiger charge is -2.17. The fourth-order valence-electron chi connectivity index (χ4n) is 1.92. The van der Waals surface area contributed by atoms with Gasteiger partial charge in [0.1, 0.15) is 17.1 Å². The molecule has 110 valence electrons. The number of halogens is 4. The molecule has 3 rings (SSSR count). The molecular weight excluding hydrogens is 297 g/mol. The minimum absolute atomic E-state index is 0.134. The third kappa shape index (κ3) is 2.96. The molecular formula is C13H12ClF3O3. The van der Waals surface area contributed by atoms with Crippen molar-refractivity contribution in [3.8, 4) is 11.5 Å². The number of benzene rings is 1. The molecule has 2 aliphatic rings. The van der Waals surface area contributed by atoms with Crippen LogP contribution in [0.25, 0.3) is 0 Å². The van der Waals surface area contributed by atoms with Crippen LogP contribution in [0.5, 0.6) is 11.5 Å². The van der Waals surface area contributed by atoms with Crippen LogP contribution in [0.15, 0.2) is 18.2 Å². The molecule has 1 unspecified atom stereocenters. The highest BCUT2D eigenvalue weighted by molar-refractivity contribution is 6.18.